The summed E-state index contributed by atoms with van der Waals surface area (Å²) >= 11 is 0. The number of esters is 1. The molecule has 0 aromatic carbocycles. The van der Waals surface area contributed by atoms with E-state index in [0.717, 1.165) is 0 Å². The van der Waals surface area contributed by atoms with E-state index < -0.39 is 12.3 Å². The number of rotatable bonds is 0. The Kier molecular flexibility index (Phi) is 1.30. The van der Waals surface area contributed by atoms with Gasteiger partial charge in [0.15, 0.2) is 0 Å². The molecule has 0 aromatic rings. The van der Waals surface area contributed by atoms with Crippen molar-refractivity contribution in [1.82, 2.24) is 0 Å². The molecule has 3 heteroatoms. The Morgan fingerprint density at radius 3 is 3.00 bits per heavy atom. The molecule has 0 spiro atoms. The average molecular weight is 114 g/mol. The lowest BCUT2D eigenvalue weighted by molar-refractivity contribution is -0.162. The van der Waals surface area contributed by atoms with Crippen LogP contribution in [0.25, 0.3) is 0 Å². The van der Waals surface area contributed by atoms with E-state index in [2.05, 4.69) is 4.74 Å². The topological polar surface area (TPSA) is 46.5 Å². The first-order valence-corrected chi connectivity index (χ1v) is 2.34. The fourth-order valence-corrected chi connectivity index (χ4v) is 0.502. The van der Waals surface area contributed by atoms with Crippen LogP contribution in [0.5, 0.6) is 0 Å². The highest BCUT2D eigenvalue weighted by molar-refractivity contribution is 5.82. The quantitative estimate of drug-likeness (QED) is 0.444. The Labute approximate surface area is 46.6 Å². The highest BCUT2D eigenvalue weighted by Crippen LogP contribution is 2.02. The molecule has 0 saturated carbocycles. The number of carbonyl (C=O) groups is 1. The molecule has 0 radical (unpaired) electrons. The van der Waals surface area contributed by atoms with E-state index in [-0.39, 0.29) is 0 Å². The van der Waals surface area contributed by atoms with Gasteiger partial charge in [0.1, 0.15) is 0 Å². The summed E-state index contributed by atoms with van der Waals surface area (Å²) in [5.41, 5.74) is 0. The zero-order valence-electron chi connectivity index (χ0n) is 4.20. The first-order valence-electron chi connectivity index (χ1n) is 2.34. The van der Waals surface area contributed by atoms with Gasteiger partial charge in [-0.25, -0.2) is 4.79 Å². The van der Waals surface area contributed by atoms with Gasteiger partial charge in [0.2, 0.25) is 6.29 Å². The van der Waals surface area contributed by atoms with Crippen LogP contribution in [0.4, 0.5) is 0 Å². The lowest BCUT2D eigenvalue weighted by Crippen LogP contribution is -2.18. The lowest BCUT2D eigenvalue weighted by Gasteiger charge is -2.10. The first kappa shape index (κ1) is 5.31. The molecule has 0 amide bonds. The highest BCUT2D eigenvalue weighted by atomic mass is 16.6. The van der Waals surface area contributed by atoms with Crippen molar-refractivity contribution in [3.8, 4) is 0 Å². The van der Waals surface area contributed by atoms with E-state index in [0.29, 0.717) is 6.42 Å². The summed E-state index contributed by atoms with van der Waals surface area (Å²) in [6.45, 7) is 0. The van der Waals surface area contributed by atoms with Gasteiger partial charge in [-0.05, 0) is 0 Å². The van der Waals surface area contributed by atoms with E-state index in [1.165, 1.54) is 6.08 Å². The fraction of sp³-hybridized carbons (Fsp3) is 0.400. The molecule has 0 fully saturated rings. The Bertz CT molecular complexity index is 128. The monoisotopic (exact) mass is 114 g/mol. The second-order valence-electron chi connectivity index (χ2n) is 1.53. The standard InChI is InChI=1S/C5H6O3/c6-4-2-1-3-5(7)8-4/h1-2,5,7H,3H2. The molecule has 1 atom stereocenters. The zero-order valence-corrected chi connectivity index (χ0v) is 4.20. The third kappa shape index (κ3) is 1.07. The van der Waals surface area contributed by atoms with Crippen molar-refractivity contribution in [2.75, 3.05) is 0 Å². The molecule has 44 valence electrons. The Morgan fingerprint density at radius 1 is 1.88 bits per heavy atom. The molecule has 0 aliphatic carbocycles. The summed E-state index contributed by atoms with van der Waals surface area (Å²) in [4.78, 5) is 10.2. The summed E-state index contributed by atoms with van der Waals surface area (Å²) in [6.07, 6.45) is 2.36. The molecule has 1 unspecified atom stereocenters. The number of cyclic esters (lactones) is 1. The molecule has 1 aliphatic heterocycles. The van der Waals surface area contributed by atoms with Crippen molar-refractivity contribution >= 4 is 5.97 Å². The minimum atomic E-state index is -0.924. The van der Waals surface area contributed by atoms with E-state index in [1.807, 2.05) is 0 Å². The molecule has 0 aromatic heterocycles. The van der Waals surface area contributed by atoms with Crippen LogP contribution in [-0.2, 0) is 9.53 Å². The van der Waals surface area contributed by atoms with Crippen molar-refractivity contribution in [3.63, 3.8) is 0 Å². The van der Waals surface area contributed by atoms with E-state index in [1.54, 1.807) is 6.08 Å². The van der Waals surface area contributed by atoms with E-state index >= 15 is 0 Å². The molecule has 8 heavy (non-hydrogen) atoms. The van der Waals surface area contributed by atoms with Gasteiger partial charge in [-0.3, -0.25) is 0 Å². The van der Waals surface area contributed by atoms with Crippen LogP contribution in [0.1, 0.15) is 6.42 Å². The molecule has 1 heterocycles. The molecular formula is C5H6O3. The second-order valence-corrected chi connectivity index (χ2v) is 1.53. The van der Waals surface area contributed by atoms with Crippen molar-refractivity contribution in [3.05, 3.63) is 12.2 Å². The van der Waals surface area contributed by atoms with Gasteiger partial charge in [0.25, 0.3) is 0 Å². The molecule has 1 aliphatic rings. The molecule has 0 saturated heterocycles. The van der Waals surface area contributed by atoms with Gasteiger partial charge in [0, 0.05) is 12.5 Å². The summed E-state index contributed by atoms with van der Waals surface area (Å²) in [6, 6.07) is 0. The van der Waals surface area contributed by atoms with E-state index in [4.69, 9.17) is 5.11 Å². The van der Waals surface area contributed by atoms with Gasteiger partial charge in [-0.2, -0.15) is 0 Å². The van der Waals surface area contributed by atoms with Crippen LogP contribution < -0.4 is 0 Å². The predicted molar refractivity (Wildman–Crippen MR) is 25.9 cm³/mol. The van der Waals surface area contributed by atoms with Gasteiger partial charge in [-0.15, -0.1) is 0 Å². The number of aliphatic hydroxyl groups excluding tert-OH is 1. The number of ether oxygens (including phenoxy) is 1. The number of hydrogen-bond acceptors (Lipinski definition) is 3. The summed E-state index contributed by atoms with van der Waals surface area (Å²) in [5, 5.41) is 8.59. The molecule has 0 bridgehead atoms. The molecular weight excluding hydrogens is 108 g/mol. The second kappa shape index (κ2) is 1.96. The zero-order chi connectivity index (χ0) is 5.98. The van der Waals surface area contributed by atoms with Gasteiger partial charge < -0.3 is 9.84 Å². The predicted octanol–water partition coefficient (Wildman–Crippen LogP) is -0.192. The van der Waals surface area contributed by atoms with Crippen molar-refractivity contribution in [2.24, 2.45) is 0 Å². The van der Waals surface area contributed by atoms with Crippen LogP contribution in [0.3, 0.4) is 0 Å². The summed E-state index contributed by atoms with van der Waals surface area (Å²) in [7, 11) is 0. The SMILES string of the molecule is O=C1C=CCC(O)O1. The number of carbonyl (C=O) groups excluding carboxylic acids is 1. The molecule has 1 N–H and O–H groups in total. The van der Waals surface area contributed by atoms with Crippen LogP contribution in [0.15, 0.2) is 12.2 Å². The summed E-state index contributed by atoms with van der Waals surface area (Å²) in [5.74, 6) is -0.469. The Morgan fingerprint density at radius 2 is 2.62 bits per heavy atom. The first-order chi connectivity index (χ1) is 3.79. The number of hydrogen-bond donors (Lipinski definition) is 1. The van der Waals surface area contributed by atoms with Crippen LogP contribution in [0.2, 0.25) is 0 Å². The largest absolute Gasteiger partial charge is 0.432 e. The molecule has 3 nitrogen and oxygen atoms in total. The van der Waals surface area contributed by atoms with Crippen molar-refractivity contribution in [2.45, 2.75) is 12.7 Å². The van der Waals surface area contributed by atoms with E-state index in [9.17, 15) is 4.79 Å². The Balaban J connectivity index is 2.54. The third-order valence-corrected chi connectivity index (χ3v) is 0.844. The smallest absolute Gasteiger partial charge is 0.332 e. The van der Waals surface area contributed by atoms with Crippen LogP contribution in [-0.4, -0.2) is 17.4 Å². The van der Waals surface area contributed by atoms with Gasteiger partial charge >= 0.3 is 5.97 Å². The maximum absolute atomic E-state index is 10.2. The molecule has 1 rings (SSSR count). The van der Waals surface area contributed by atoms with Crippen LogP contribution >= 0.6 is 0 Å². The highest BCUT2D eigenvalue weighted by Gasteiger charge is 2.10. The Hall–Kier alpha value is -0.830. The maximum Gasteiger partial charge on any atom is 0.332 e. The average Bonchev–Trinajstić information content (AvgIpc) is 1.64. The van der Waals surface area contributed by atoms with Crippen molar-refractivity contribution in [1.29, 1.82) is 0 Å². The fourth-order valence-electron chi connectivity index (χ4n) is 0.502. The minimum absolute atomic E-state index is 0.408. The third-order valence-electron chi connectivity index (χ3n) is 0.844. The normalized spacial score (nSPS) is 27.6. The summed E-state index contributed by atoms with van der Waals surface area (Å²) < 4.78 is 4.32. The lowest BCUT2D eigenvalue weighted by atomic mass is 10.3. The maximum atomic E-state index is 10.2. The minimum Gasteiger partial charge on any atom is -0.432 e. The number of aliphatic hydroxyl groups is 1. The van der Waals surface area contributed by atoms with Crippen molar-refractivity contribution < 1.29 is 14.6 Å². The van der Waals surface area contributed by atoms with Gasteiger partial charge in [-0.1, -0.05) is 6.08 Å². The van der Waals surface area contributed by atoms with Gasteiger partial charge in [0.05, 0.1) is 0 Å². The van der Waals surface area contributed by atoms with Crippen LogP contribution in [0, 0.1) is 0 Å².